The van der Waals surface area contributed by atoms with Crippen LogP contribution in [-0.2, 0) is 0 Å². The van der Waals surface area contributed by atoms with Gasteiger partial charge in [0.2, 0.25) is 0 Å². The van der Waals surface area contributed by atoms with Crippen LogP contribution < -0.4 is 5.32 Å². The minimum absolute atomic E-state index is 0.0452. The van der Waals surface area contributed by atoms with E-state index in [4.69, 9.17) is 5.11 Å². The Balaban J connectivity index is 2.33. The molecule has 108 valence electrons. The second kappa shape index (κ2) is 6.18. The van der Waals surface area contributed by atoms with Gasteiger partial charge in [-0.15, -0.1) is 11.3 Å². The smallest absolute Gasteiger partial charge is 0.335 e. The van der Waals surface area contributed by atoms with Gasteiger partial charge in [-0.25, -0.2) is 4.79 Å². The number of carbonyl (C=O) groups excluding carboxylic acids is 1. The SMILES string of the molecule is O=C(O)c1ccc(NC(=O)c2csc(I)c2)c([N+](=O)[O-])c1. The van der Waals surface area contributed by atoms with Gasteiger partial charge in [0.1, 0.15) is 5.69 Å². The highest BCUT2D eigenvalue weighted by Gasteiger charge is 2.19. The number of thiophene rings is 1. The Morgan fingerprint density at radius 2 is 2.00 bits per heavy atom. The summed E-state index contributed by atoms with van der Waals surface area (Å²) in [7, 11) is 0. The minimum Gasteiger partial charge on any atom is -0.478 e. The van der Waals surface area contributed by atoms with Crippen LogP contribution in [0.2, 0.25) is 0 Å². The Morgan fingerprint density at radius 1 is 1.29 bits per heavy atom. The highest BCUT2D eigenvalue weighted by atomic mass is 127. The van der Waals surface area contributed by atoms with Gasteiger partial charge in [-0.05, 0) is 40.8 Å². The molecule has 0 radical (unpaired) electrons. The molecule has 2 rings (SSSR count). The van der Waals surface area contributed by atoms with E-state index in [2.05, 4.69) is 27.9 Å². The Labute approximate surface area is 135 Å². The monoisotopic (exact) mass is 418 g/mol. The van der Waals surface area contributed by atoms with Gasteiger partial charge in [-0.1, -0.05) is 0 Å². The number of nitro benzene ring substituents is 1. The largest absolute Gasteiger partial charge is 0.478 e. The lowest BCUT2D eigenvalue weighted by Gasteiger charge is -2.05. The number of aromatic carboxylic acids is 1. The standard InChI is InChI=1S/C12H7IN2O5S/c13-10-4-7(5-21-10)11(16)14-8-2-1-6(12(17)18)3-9(8)15(19)20/h1-5H,(H,14,16)(H,17,18). The number of carboxylic acids is 1. The van der Waals surface area contributed by atoms with Crippen molar-refractivity contribution in [3.05, 3.63) is 53.8 Å². The van der Waals surface area contributed by atoms with Crippen LogP contribution >= 0.6 is 33.9 Å². The maximum absolute atomic E-state index is 12.0. The first-order valence-corrected chi connectivity index (χ1v) is 7.41. The van der Waals surface area contributed by atoms with E-state index >= 15 is 0 Å². The lowest BCUT2D eigenvalue weighted by molar-refractivity contribution is -0.383. The Kier molecular flexibility index (Phi) is 4.53. The zero-order chi connectivity index (χ0) is 15.6. The van der Waals surface area contributed by atoms with Crippen molar-refractivity contribution in [1.82, 2.24) is 0 Å². The maximum Gasteiger partial charge on any atom is 0.335 e. The molecule has 0 spiro atoms. The third kappa shape index (κ3) is 3.55. The number of nitro groups is 1. The van der Waals surface area contributed by atoms with Crippen LogP contribution in [0.4, 0.5) is 11.4 Å². The van der Waals surface area contributed by atoms with Crippen LogP contribution in [0.15, 0.2) is 29.6 Å². The van der Waals surface area contributed by atoms with Crippen LogP contribution in [0.1, 0.15) is 20.7 Å². The second-order valence-corrected chi connectivity index (χ2v) is 6.69. The van der Waals surface area contributed by atoms with Crippen LogP contribution in [0.3, 0.4) is 0 Å². The number of nitrogens with one attached hydrogen (secondary N) is 1. The fourth-order valence-electron chi connectivity index (χ4n) is 1.55. The molecule has 0 fully saturated rings. The first-order valence-electron chi connectivity index (χ1n) is 5.45. The number of halogens is 1. The van der Waals surface area contributed by atoms with E-state index in [1.54, 1.807) is 11.4 Å². The molecule has 2 aromatic rings. The van der Waals surface area contributed by atoms with Gasteiger partial charge in [-0.3, -0.25) is 14.9 Å². The average molecular weight is 418 g/mol. The number of amides is 1. The van der Waals surface area contributed by atoms with Gasteiger partial charge in [0, 0.05) is 11.4 Å². The number of nitrogens with zero attached hydrogens (tertiary/aromatic N) is 1. The molecule has 9 heteroatoms. The van der Waals surface area contributed by atoms with E-state index in [9.17, 15) is 19.7 Å². The molecule has 1 heterocycles. The molecular weight excluding hydrogens is 411 g/mol. The second-order valence-electron chi connectivity index (χ2n) is 3.89. The first kappa shape index (κ1) is 15.4. The molecule has 1 aromatic carbocycles. The molecule has 0 bridgehead atoms. The number of carbonyl (C=O) groups is 2. The normalized spacial score (nSPS) is 10.1. The third-order valence-corrected chi connectivity index (χ3v) is 4.31. The summed E-state index contributed by atoms with van der Waals surface area (Å²) in [6, 6.07) is 4.96. The summed E-state index contributed by atoms with van der Waals surface area (Å²) in [6.07, 6.45) is 0. The minimum atomic E-state index is -1.27. The predicted molar refractivity (Wildman–Crippen MR) is 85.0 cm³/mol. The zero-order valence-corrected chi connectivity index (χ0v) is 13.2. The van der Waals surface area contributed by atoms with Gasteiger partial charge >= 0.3 is 5.97 Å². The fourth-order valence-corrected chi connectivity index (χ4v) is 2.87. The topological polar surface area (TPSA) is 110 Å². The molecule has 0 aliphatic heterocycles. The van der Waals surface area contributed by atoms with Crippen molar-refractivity contribution in [3.8, 4) is 0 Å². The van der Waals surface area contributed by atoms with E-state index in [1.807, 2.05) is 0 Å². The van der Waals surface area contributed by atoms with E-state index in [1.165, 1.54) is 23.5 Å². The highest BCUT2D eigenvalue weighted by molar-refractivity contribution is 14.1. The highest BCUT2D eigenvalue weighted by Crippen LogP contribution is 2.27. The molecular formula is C12H7IN2O5S. The molecule has 0 saturated heterocycles. The van der Waals surface area contributed by atoms with Crippen molar-refractivity contribution >= 4 is 57.2 Å². The Morgan fingerprint density at radius 3 is 2.52 bits per heavy atom. The molecule has 0 aliphatic carbocycles. The van der Waals surface area contributed by atoms with Crippen molar-refractivity contribution in [2.45, 2.75) is 0 Å². The lowest BCUT2D eigenvalue weighted by Crippen LogP contribution is -2.12. The van der Waals surface area contributed by atoms with Crippen molar-refractivity contribution in [1.29, 1.82) is 0 Å². The molecule has 0 saturated carbocycles. The summed E-state index contributed by atoms with van der Waals surface area (Å²) in [4.78, 5) is 33.0. The van der Waals surface area contributed by atoms with E-state index in [0.717, 1.165) is 8.95 Å². The number of hydrogen-bond donors (Lipinski definition) is 2. The van der Waals surface area contributed by atoms with Gasteiger partial charge in [0.15, 0.2) is 0 Å². The summed E-state index contributed by atoms with van der Waals surface area (Å²) in [5.74, 6) is -1.76. The Hall–Kier alpha value is -2.01. The number of hydrogen-bond acceptors (Lipinski definition) is 5. The number of anilines is 1. The quantitative estimate of drug-likeness (QED) is 0.450. The van der Waals surface area contributed by atoms with Gasteiger partial charge < -0.3 is 10.4 Å². The summed E-state index contributed by atoms with van der Waals surface area (Å²) < 4.78 is 0.911. The molecule has 1 amide bonds. The van der Waals surface area contributed by atoms with Crippen molar-refractivity contribution in [2.75, 3.05) is 5.32 Å². The molecule has 0 unspecified atom stereocenters. The predicted octanol–water partition coefficient (Wildman–Crippen LogP) is 3.21. The molecule has 0 aliphatic rings. The van der Waals surface area contributed by atoms with Crippen LogP contribution in [0, 0.1) is 13.0 Å². The summed E-state index contributed by atoms with van der Waals surface area (Å²) >= 11 is 3.43. The zero-order valence-electron chi connectivity index (χ0n) is 10.2. The van der Waals surface area contributed by atoms with Crippen molar-refractivity contribution in [2.24, 2.45) is 0 Å². The van der Waals surface area contributed by atoms with Crippen molar-refractivity contribution < 1.29 is 19.6 Å². The molecule has 7 nitrogen and oxygen atoms in total. The lowest BCUT2D eigenvalue weighted by atomic mass is 10.1. The number of carboxylic acid groups (broad SMARTS) is 1. The molecule has 2 N–H and O–H groups in total. The molecule has 0 atom stereocenters. The first-order chi connectivity index (χ1) is 9.88. The van der Waals surface area contributed by atoms with Crippen LogP contribution in [0.25, 0.3) is 0 Å². The maximum atomic E-state index is 12.0. The Bertz CT molecular complexity index is 743. The van der Waals surface area contributed by atoms with Crippen molar-refractivity contribution in [3.63, 3.8) is 0 Å². The third-order valence-electron chi connectivity index (χ3n) is 2.52. The van der Waals surface area contributed by atoms with E-state index < -0.39 is 22.5 Å². The fraction of sp³-hybridized carbons (Fsp3) is 0. The number of benzene rings is 1. The van der Waals surface area contributed by atoms with E-state index in [-0.39, 0.29) is 11.3 Å². The average Bonchev–Trinajstić information content (AvgIpc) is 2.85. The van der Waals surface area contributed by atoms with E-state index in [0.29, 0.717) is 5.56 Å². The molecule has 21 heavy (non-hydrogen) atoms. The van der Waals surface area contributed by atoms with Gasteiger partial charge in [0.05, 0.1) is 18.9 Å². The van der Waals surface area contributed by atoms with Gasteiger partial charge in [0.25, 0.3) is 11.6 Å². The molecule has 1 aromatic heterocycles. The number of rotatable bonds is 4. The summed E-state index contributed by atoms with van der Waals surface area (Å²) in [5.41, 5.74) is -0.338. The van der Waals surface area contributed by atoms with Crippen LogP contribution in [0.5, 0.6) is 0 Å². The van der Waals surface area contributed by atoms with Gasteiger partial charge in [-0.2, -0.15) is 0 Å². The summed E-state index contributed by atoms with van der Waals surface area (Å²) in [6.45, 7) is 0. The summed E-state index contributed by atoms with van der Waals surface area (Å²) in [5, 5.41) is 23.9. The van der Waals surface area contributed by atoms with Crippen LogP contribution in [-0.4, -0.2) is 21.9 Å².